The van der Waals surface area contributed by atoms with Crippen molar-refractivity contribution >= 4 is 11.7 Å². The van der Waals surface area contributed by atoms with Crippen LogP contribution in [0, 0.1) is 6.92 Å². The van der Waals surface area contributed by atoms with Crippen molar-refractivity contribution in [3.05, 3.63) is 47.3 Å². The molecule has 0 aliphatic heterocycles. The summed E-state index contributed by atoms with van der Waals surface area (Å²) in [6.07, 6.45) is 6.14. The molecule has 1 aliphatic rings. The lowest BCUT2D eigenvalue weighted by molar-refractivity contribution is 0.101. The van der Waals surface area contributed by atoms with Gasteiger partial charge in [0.2, 0.25) is 5.88 Å². The number of nitrogens with zero attached hydrogens (tertiary/aromatic N) is 5. The molecule has 2 atom stereocenters. The zero-order chi connectivity index (χ0) is 21.1. The van der Waals surface area contributed by atoms with Gasteiger partial charge >= 0.3 is 0 Å². The zero-order valence-corrected chi connectivity index (χ0v) is 17.3. The van der Waals surface area contributed by atoms with E-state index in [1.54, 1.807) is 32.6 Å². The third kappa shape index (κ3) is 4.33. The van der Waals surface area contributed by atoms with Gasteiger partial charge in [-0.25, -0.2) is 4.98 Å². The molecule has 3 heterocycles. The van der Waals surface area contributed by atoms with Crippen molar-refractivity contribution in [1.29, 1.82) is 0 Å². The van der Waals surface area contributed by atoms with E-state index in [1.807, 2.05) is 13.0 Å². The van der Waals surface area contributed by atoms with E-state index in [2.05, 4.69) is 30.6 Å². The molecular weight excluding hydrogens is 386 g/mol. The predicted octanol–water partition coefficient (Wildman–Crippen LogP) is 2.36. The highest BCUT2D eigenvalue weighted by Gasteiger charge is 2.29. The number of aromatic nitrogens is 6. The summed E-state index contributed by atoms with van der Waals surface area (Å²) < 4.78 is 12.6. The van der Waals surface area contributed by atoms with Crippen LogP contribution in [0.15, 0.2) is 24.5 Å². The molecule has 0 unspecified atom stereocenters. The Bertz CT molecular complexity index is 1030. The molecule has 0 saturated heterocycles. The Morgan fingerprint density at radius 3 is 2.93 bits per heavy atom. The number of carbonyl (C=O) groups is 1. The molecule has 0 aromatic carbocycles. The van der Waals surface area contributed by atoms with Gasteiger partial charge in [0.25, 0.3) is 5.91 Å². The highest BCUT2D eigenvalue weighted by molar-refractivity contribution is 6.02. The summed E-state index contributed by atoms with van der Waals surface area (Å²) >= 11 is 0. The van der Waals surface area contributed by atoms with Crippen LogP contribution in [0.2, 0.25) is 0 Å². The third-order valence-electron chi connectivity index (χ3n) is 5.23. The number of H-pyrrole nitrogens is 1. The maximum atomic E-state index is 12.6. The zero-order valence-electron chi connectivity index (χ0n) is 17.3. The van der Waals surface area contributed by atoms with Crippen LogP contribution in [0.3, 0.4) is 0 Å². The molecule has 0 radical (unpaired) electrons. The molecule has 3 aromatic heterocycles. The van der Waals surface area contributed by atoms with Crippen molar-refractivity contribution in [3.63, 3.8) is 0 Å². The molecule has 2 N–H and O–H groups in total. The van der Waals surface area contributed by atoms with E-state index in [-0.39, 0.29) is 17.9 Å². The van der Waals surface area contributed by atoms with Crippen molar-refractivity contribution in [1.82, 2.24) is 29.9 Å². The second-order valence-electron chi connectivity index (χ2n) is 7.44. The van der Waals surface area contributed by atoms with Gasteiger partial charge in [0, 0.05) is 44.2 Å². The highest BCUT2D eigenvalue weighted by Crippen LogP contribution is 2.36. The lowest BCUT2D eigenvalue weighted by Crippen LogP contribution is -2.16. The second-order valence-corrected chi connectivity index (χ2v) is 7.44. The van der Waals surface area contributed by atoms with Crippen LogP contribution in [-0.2, 0) is 18.4 Å². The number of amides is 1. The van der Waals surface area contributed by atoms with Gasteiger partial charge in [0.05, 0.1) is 18.0 Å². The summed E-state index contributed by atoms with van der Waals surface area (Å²) in [7, 11) is 3.31. The van der Waals surface area contributed by atoms with E-state index in [1.165, 1.54) is 4.68 Å². The lowest BCUT2D eigenvalue weighted by Gasteiger charge is -2.13. The number of methoxy groups -OCH3 is 1. The van der Waals surface area contributed by atoms with Crippen LogP contribution >= 0.6 is 0 Å². The fourth-order valence-corrected chi connectivity index (χ4v) is 3.75. The number of aryl methyl sites for hydroxylation is 2. The van der Waals surface area contributed by atoms with E-state index in [9.17, 15) is 4.79 Å². The van der Waals surface area contributed by atoms with E-state index >= 15 is 0 Å². The summed E-state index contributed by atoms with van der Waals surface area (Å²) in [4.78, 5) is 21.0. The Morgan fingerprint density at radius 1 is 1.30 bits per heavy atom. The maximum absolute atomic E-state index is 12.6. The lowest BCUT2D eigenvalue weighted by atomic mass is 10.0. The van der Waals surface area contributed by atoms with Crippen molar-refractivity contribution in [3.8, 4) is 5.88 Å². The maximum Gasteiger partial charge on any atom is 0.275 e. The number of hydrogen-bond acceptors (Lipinski definition) is 7. The Morgan fingerprint density at radius 2 is 2.13 bits per heavy atom. The number of ether oxygens (including phenoxy) is 2. The molecule has 1 saturated carbocycles. The Hall–Kier alpha value is -3.27. The summed E-state index contributed by atoms with van der Waals surface area (Å²) in [6, 6.07) is 3.59. The minimum Gasteiger partial charge on any atom is -0.473 e. The molecular formula is C20H25N7O3. The SMILES string of the molecule is COCc1cc(C(=O)Nc2cc([C@@H]3CC[C@H](Oc4nccnc4C)C3)[nH]n2)n(C)n1. The van der Waals surface area contributed by atoms with Crippen molar-refractivity contribution < 1.29 is 14.3 Å². The standard InChI is InChI=1S/C20H25N7O3/c1-12-20(22-7-6-21-12)30-15-5-4-13(8-15)16-10-18(25-24-16)23-19(28)17-9-14(11-29-3)26-27(17)2/h6-7,9-10,13,15H,4-5,8,11H2,1-3H3,(H2,23,24,25,28)/t13-,15+/m1/s1. The molecule has 158 valence electrons. The number of anilines is 1. The fraction of sp³-hybridized carbons (Fsp3) is 0.450. The average Bonchev–Trinajstić information content (AvgIpc) is 3.44. The Kier molecular flexibility index (Phi) is 5.75. The fourth-order valence-electron chi connectivity index (χ4n) is 3.75. The number of nitrogens with one attached hydrogen (secondary N) is 2. The molecule has 0 bridgehead atoms. The first-order chi connectivity index (χ1) is 14.5. The first-order valence-corrected chi connectivity index (χ1v) is 9.86. The summed E-state index contributed by atoms with van der Waals surface area (Å²) in [5.41, 5.74) is 2.91. The minimum absolute atomic E-state index is 0.0837. The van der Waals surface area contributed by atoms with Crippen LogP contribution in [0.25, 0.3) is 0 Å². The van der Waals surface area contributed by atoms with Crippen LogP contribution in [0.1, 0.15) is 52.8 Å². The summed E-state index contributed by atoms with van der Waals surface area (Å²) in [5, 5.41) is 14.4. The van der Waals surface area contributed by atoms with Crippen LogP contribution in [-0.4, -0.2) is 49.1 Å². The average molecular weight is 411 g/mol. The van der Waals surface area contributed by atoms with E-state index in [0.717, 1.165) is 30.7 Å². The third-order valence-corrected chi connectivity index (χ3v) is 5.23. The molecule has 4 rings (SSSR count). The van der Waals surface area contributed by atoms with E-state index in [0.29, 0.717) is 29.7 Å². The van der Waals surface area contributed by atoms with Gasteiger partial charge in [-0.3, -0.25) is 19.6 Å². The summed E-state index contributed by atoms with van der Waals surface area (Å²) in [5.74, 6) is 1.09. The first-order valence-electron chi connectivity index (χ1n) is 9.86. The minimum atomic E-state index is -0.267. The molecule has 1 amide bonds. The molecule has 10 heteroatoms. The van der Waals surface area contributed by atoms with Gasteiger partial charge in [-0.2, -0.15) is 10.2 Å². The quantitative estimate of drug-likeness (QED) is 0.612. The van der Waals surface area contributed by atoms with Crippen LogP contribution < -0.4 is 10.1 Å². The van der Waals surface area contributed by atoms with Crippen molar-refractivity contribution in [2.24, 2.45) is 7.05 Å². The topological polar surface area (TPSA) is 120 Å². The van der Waals surface area contributed by atoms with Crippen LogP contribution in [0.4, 0.5) is 5.82 Å². The van der Waals surface area contributed by atoms with Crippen LogP contribution in [0.5, 0.6) is 5.88 Å². The second kappa shape index (κ2) is 8.62. The number of aromatic amines is 1. The number of carbonyl (C=O) groups excluding carboxylic acids is 1. The number of hydrogen-bond donors (Lipinski definition) is 2. The van der Waals surface area contributed by atoms with Gasteiger partial charge in [-0.15, -0.1) is 0 Å². The normalized spacial score (nSPS) is 18.5. The Balaban J connectivity index is 1.36. The molecule has 30 heavy (non-hydrogen) atoms. The van der Waals surface area contributed by atoms with Gasteiger partial charge in [-0.05, 0) is 32.3 Å². The smallest absolute Gasteiger partial charge is 0.275 e. The first kappa shape index (κ1) is 20.0. The van der Waals surface area contributed by atoms with E-state index in [4.69, 9.17) is 9.47 Å². The van der Waals surface area contributed by atoms with Gasteiger partial charge < -0.3 is 14.8 Å². The summed E-state index contributed by atoms with van der Waals surface area (Å²) in [6.45, 7) is 2.24. The van der Waals surface area contributed by atoms with Gasteiger partial charge in [-0.1, -0.05) is 0 Å². The van der Waals surface area contributed by atoms with E-state index < -0.39 is 0 Å². The van der Waals surface area contributed by atoms with Gasteiger partial charge in [0.1, 0.15) is 11.8 Å². The largest absolute Gasteiger partial charge is 0.473 e. The molecule has 1 fully saturated rings. The van der Waals surface area contributed by atoms with Gasteiger partial charge in [0.15, 0.2) is 5.82 Å². The number of rotatable bonds is 7. The molecule has 0 spiro atoms. The van der Waals surface area contributed by atoms with Crippen molar-refractivity contribution in [2.45, 2.75) is 44.8 Å². The molecule has 3 aromatic rings. The highest BCUT2D eigenvalue weighted by atomic mass is 16.5. The van der Waals surface area contributed by atoms with Crippen molar-refractivity contribution in [2.75, 3.05) is 12.4 Å². The molecule has 1 aliphatic carbocycles. The Labute approximate surface area is 174 Å². The molecule has 10 nitrogen and oxygen atoms in total. The monoisotopic (exact) mass is 411 g/mol. The predicted molar refractivity (Wildman–Crippen MR) is 108 cm³/mol.